The van der Waals surface area contributed by atoms with Crippen molar-refractivity contribution < 1.29 is 0 Å². The molecule has 4 N–H and O–H groups in total. The Morgan fingerprint density at radius 3 is 2.88 bits per heavy atom. The second kappa shape index (κ2) is 4.20. The molecular formula is C11H16N6. The number of hydrogen-bond acceptors (Lipinski definition) is 5. The van der Waals surface area contributed by atoms with Gasteiger partial charge in [-0.2, -0.15) is 9.97 Å². The molecular weight excluding hydrogens is 216 g/mol. The third-order valence-electron chi connectivity index (χ3n) is 3.24. The molecule has 6 nitrogen and oxygen atoms in total. The van der Waals surface area contributed by atoms with Gasteiger partial charge >= 0.3 is 0 Å². The molecule has 2 heterocycles. The van der Waals surface area contributed by atoms with Crippen molar-refractivity contribution in [2.75, 3.05) is 11.1 Å². The average molecular weight is 232 g/mol. The topological polar surface area (TPSA) is 92.5 Å². The molecule has 0 aromatic carbocycles. The highest BCUT2D eigenvalue weighted by Crippen LogP contribution is 2.21. The average Bonchev–Trinajstić information content (AvgIpc) is 2.79. The highest BCUT2D eigenvalue weighted by molar-refractivity contribution is 5.82. The number of anilines is 2. The number of hydrogen-bond donors (Lipinski definition) is 3. The van der Waals surface area contributed by atoms with Crippen LogP contribution in [0.15, 0.2) is 6.33 Å². The van der Waals surface area contributed by atoms with Crippen LogP contribution in [-0.4, -0.2) is 26.0 Å². The summed E-state index contributed by atoms with van der Waals surface area (Å²) in [7, 11) is 0. The molecule has 0 saturated heterocycles. The maximum atomic E-state index is 5.83. The van der Waals surface area contributed by atoms with E-state index in [2.05, 4.69) is 25.3 Å². The van der Waals surface area contributed by atoms with Gasteiger partial charge in [0.2, 0.25) is 5.95 Å². The molecule has 3 rings (SSSR count). The number of fused-ring (bicyclic) bond motifs is 1. The van der Waals surface area contributed by atoms with E-state index in [9.17, 15) is 0 Å². The molecule has 6 heteroatoms. The molecule has 0 bridgehead atoms. The quantitative estimate of drug-likeness (QED) is 0.732. The molecule has 1 aliphatic rings. The molecule has 2 aromatic rings. The minimum absolute atomic E-state index is 0.426. The molecule has 17 heavy (non-hydrogen) atoms. The Bertz CT molecular complexity index is 514. The summed E-state index contributed by atoms with van der Waals surface area (Å²) < 4.78 is 0. The normalized spacial score (nSPS) is 17.4. The number of aromatic amines is 1. The van der Waals surface area contributed by atoms with Crippen molar-refractivity contribution >= 4 is 22.9 Å². The number of aromatic nitrogens is 4. The Balaban J connectivity index is 1.84. The van der Waals surface area contributed by atoms with Crippen LogP contribution in [0.2, 0.25) is 0 Å². The van der Waals surface area contributed by atoms with E-state index in [1.54, 1.807) is 6.33 Å². The van der Waals surface area contributed by atoms with Gasteiger partial charge in [0.05, 0.1) is 6.33 Å². The fourth-order valence-corrected chi connectivity index (χ4v) is 2.35. The summed E-state index contributed by atoms with van der Waals surface area (Å²) in [6.07, 6.45) is 7.84. The van der Waals surface area contributed by atoms with Crippen LogP contribution in [0.4, 0.5) is 11.8 Å². The summed E-state index contributed by atoms with van der Waals surface area (Å²) >= 11 is 0. The maximum absolute atomic E-state index is 5.83. The first-order chi connectivity index (χ1) is 8.33. The summed E-state index contributed by atoms with van der Waals surface area (Å²) in [6.45, 7) is 0. The summed E-state index contributed by atoms with van der Waals surface area (Å²) in [5, 5.41) is 3.35. The predicted molar refractivity (Wildman–Crippen MR) is 66.6 cm³/mol. The lowest BCUT2D eigenvalue weighted by Gasteiger charge is -2.22. The van der Waals surface area contributed by atoms with Crippen molar-refractivity contribution in [2.45, 2.75) is 38.1 Å². The zero-order chi connectivity index (χ0) is 11.7. The first kappa shape index (κ1) is 10.3. The largest absolute Gasteiger partial charge is 0.382 e. The van der Waals surface area contributed by atoms with Crippen LogP contribution < -0.4 is 11.1 Å². The number of nitrogen functional groups attached to an aromatic ring is 1. The van der Waals surface area contributed by atoms with Crippen molar-refractivity contribution in [3.8, 4) is 0 Å². The molecule has 0 amide bonds. The van der Waals surface area contributed by atoms with Gasteiger partial charge in [0.25, 0.3) is 0 Å². The van der Waals surface area contributed by atoms with Gasteiger partial charge in [0, 0.05) is 6.04 Å². The Morgan fingerprint density at radius 1 is 1.24 bits per heavy atom. The second-order valence-corrected chi connectivity index (χ2v) is 4.51. The van der Waals surface area contributed by atoms with Crippen LogP contribution >= 0.6 is 0 Å². The number of nitrogens with two attached hydrogens (primary N) is 1. The number of nitrogens with one attached hydrogen (secondary N) is 2. The van der Waals surface area contributed by atoms with Crippen LogP contribution in [0.25, 0.3) is 11.2 Å². The first-order valence-corrected chi connectivity index (χ1v) is 6.06. The standard InChI is InChI=1S/C11H16N6/c12-9-8-10(14-6-13-8)17-11(16-9)15-7-4-2-1-3-5-7/h6-7H,1-5H2,(H4,12,13,14,15,16,17). The Kier molecular flexibility index (Phi) is 2.55. The number of nitrogens with zero attached hydrogens (tertiary/aromatic N) is 3. The molecule has 1 saturated carbocycles. The Morgan fingerprint density at radius 2 is 2.06 bits per heavy atom. The number of imidazole rings is 1. The van der Waals surface area contributed by atoms with Crippen LogP contribution in [-0.2, 0) is 0 Å². The van der Waals surface area contributed by atoms with Gasteiger partial charge in [-0.15, -0.1) is 0 Å². The van der Waals surface area contributed by atoms with Crippen molar-refractivity contribution in [2.24, 2.45) is 0 Å². The molecule has 0 atom stereocenters. The van der Waals surface area contributed by atoms with Crippen LogP contribution in [0.1, 0.15) is 32.1 Å². The third kappa shape index (κ3) is 2.02. The summed E-state index contributed by atoms with van der Waals surface area (Å²) in [6, 6.07) is 0.475. The van der Waals surface area contributed by atoms with E-state index in [1.165, 1.54) is 32.1 Å². The van der Waals surface area contributed by atoms with Crippen molar-refractivity contribution in [1.29, 1.82) is 0 Å². The molecule has 90 valence electrons. The van der Waals surface area contributed by atoms with E-state index in [0.717, 1.165) is 0 Å². The van der Waals surface area contributed by atoms with Gasteiger partial charge in [0.15, 0.2) is 11.5 Å². The fraction of sp³-hybridized carbons (Fsp3) is 0.545. The van der Waals surface area contributed by atoms with E-state index in [-0.39, 0.29) is 0 Å². The molecule has 2 aromatic heterocycles. The van der Waals surface area contributed by atoms with Crippen molar-refractivity contribution in [3.05, 3.63) is 6.33 Å². The zero-order valence-corrected chi connectivity index (χ0v) is 9.61. The number of rotatable bonds is 2. The van der Waals surface area contributed by atoms with Gasteiger partial charge in [-0.25, -0.2) is 4.98 Å². The van der Waals surface area contributed by atoms with Crippen LogP contribution in [0, 0.1) is 0 Å². The highest BCUT2D eigenvalue weighted by Gasteiger charge is 2.15. The monoisotopic (exact) mass is 232 g/mol. The van der Waals surface area contributed by atoms with E-state index in [1.807, 2.05) is 0 Å². The smallest absolute Gasteiger partial charge is 0.226 e. The SMILES string of the molecule is Nc1nc(NC2CCCCC2)nc2[nH]cnc12. The molecule has 0 unspecified atom stereocenters. The van der Waals surface area contributed by atoms with Gasteiger partial charge in [0.1, 0.15) is 5.52 Å². The molecule has 0 spiro atoms. The minimum atomic E-state index is 0.426. The zero-order valence-electron chi connectivity index (χ0n) is 9.61. The van der Waals surface area contributed by atoms with Crippen LogP contribution in [0.3, 0.4) is 0 Å². The fourth-order valence-electron chi connectivity index (χ4n) is 2.35. The molecule has 0 aliphatic heterocycles. The van der Waals surface area contributed by atoms with Crippen molar-refractivity contribution in [1.82, 2.24) is 19.9 Å². The Labute approximate surface area is 99.1 Å². The molecule has 1 fully saturated rings. The lowest BCUT2D eigenvalue weighted by Crippen LogP contribution is -2.23. The summed E-state index contributed by atoms with van der Waals surface area (Å²) in [5.41, 5.74) is 7.16. The highest BCUT2D eigenvalue weighted by atomic mass is 15.2. The second-order valence-electron chi connectivity index (χ2n) is 4.51. The van der Waals surface area contributed by atoms with Crippen LogP contribution in [0.5, 0.6) is 0 Å². The Hall–Kier alpha value is -1.85. The number of H-pyrrole nitrogens is 1. The van der Waals surface area contributed by atoms with E-state index in [4.69, 9.17) is 5.73 Å². The first-order valence-electron chi connectivity index (χ1n) is 6.06. The third-order valence-corrected chi connectivity index (χ3v) is 3.24. The van der Waals surface area contributed by atoms with Gasteiger partial charge < -0.3 is 16.0 Å². The summed E-state index contributed by atoms with van der Waals surface area (Å²) in [5.74, 6) is 1.03. The van der Waals surface area contributed by atoms with Gasteiger partial charge in [-0.1, -0.05) is 19.3 Å². The van der Waals surface area contributed by atoms with E-state index < -0.39 is 0 Å². The summed E-state index contributed by atoms with van der Waals surface area (Å²) in [4.78, 5) is 15.6. The van der Waals surface area contributed by atoms with E-state index >= 15 is 0 Å². The maximum Gasteiger partial charge on any atom is 0.226 e. The molecule has 0 radical (unpaired) electrons. The van der Waals surface area contributed by atoms with Crippen molar-refractivity contribution in [3.63, 3.8) is 0 Å². The molecule has 1 aliphatic carbocycles. The van der Waals surface area contributed by atoms with Gasteiger partial charge in [-0.3, -0.25) is 0 Å². The van der Waals surface area contributed by atoms with Gasteiger partial charge in [-0.05, 0) is 12.8 Å². The minimum Gasteiger partial charge on any atom is -0.382 e. The predicted octanol–water partition coefficient (Wildman–Crippen LogP) is 1.68. The van der Waals surface area contributed by atoms with E-state index in [0.29, 0.717) is 29.0 Å². The lowest BCUT2D eigenvalue weighted by molar-refractivity contribution is 0.461. The lowest BCUT2D eigenvalue weighted by atomic mass is 9.96.